The van der Waals surface area contributed by atoms with Gasteiger partial charge in [0.25, 0.3) is 0 Å². The van der Waals surface area contributed by atoms with Gasteiger partial charge in [-0.15, -0.1) is 0 Å². The van der Waals surface area contributed by atoms with Crippen LogP contribution in [0.15, 0.2) is 24.4 Å². The minimum Gasteiger partial charge on any atom is -0.358 e. The topological polar surface area (TPSA) is 104 Å². The lowest BCUT2D eigenvalue weighted by atomic mass is 9.99. The quantitative estimate of drug-likeness (QED) is 0.619. The van der Waals surface area contributed by atoms with Crippen molar-refractivity contribution in [2.75, 3.05) is 0 Å². The third-order valence-electron chi connectivity index (χ3n) is 2.84. The van der Waals surface area contributed by atoms with E-state index in [1.807, 2.05) is 0 Å². The molecule has 0 amide bonds. The molecule has 100 valence electrons. The fourth-order valence-corrected chi connectivity index (χ4v) is 1.82. The molecule has 0 fully saturated rings. The summed E-state index contributed by atoms with van der Waals surface area (Å²) >= 11 is 0. The molecule has 0 aromatic carbocycles. The van der Waals surface area contributed by atoms with E-state index in [4.69, 9.17) is 0 Å². The van der Waals surface area contributed by atoms with E-state index >= 15 is 0 Å². The molecule has 8 nitrogen and oxygen atoms in total. The van der Waals surface area contributed by atoms with Crippen molar-refractivity contribution in [2.45, 2.75) is 25.8 Å². The Morgan fingerprint density at radius 2 is 2.00 bits per heavy atom. The highest BCUT2D eigenvalue weighted by Crippen LogP contribution is 2.25. The van der Waals surface area contributed by atoms with Gasteiger partial charge < -0.3 is 10.1 Å². The summed E-state index contributed by atoms with van der Waals surface area (Å²) in [4.78, 5) is 25.1. The normalized spacial score (nSPS) is 11.7. The fraction of sp³-hybridized carbons (Fsp3) is 0.364. The Balaban J connectivity index is 2.57. The molecule has 0 N–H and O–H groups in total. The summed E-state index contributed by atoms with van der Waals surface area (Å²) in [5.74, 6) is -0.217. The number of nitro groups is 2. The molecular formula is C11H12N4O4. The third kappa shape index (κ3) is 2.24. The van der Waals surface area contributed by atoms with E-state index < -0.39 is 15.4 Å². The van der Waals surface area contributed by atoms with Gasteiger partial charge in [-0.1, -0.05) is 6.07 Å². The first-order chi connectivity index (χ1) is 8.83. The standard InChI is InChI=1S/C11H12N4O4/c1-11(2,15(18)19)7-8-10(14(16)17)13-6-4-3-5-9(13)12-8/h3-6H,7H2,1-2H3. The molecule has 0 aliphatic heterocycles. The summed E-state index contributed by atoms with van der Waals surface area (Å²) in [6, 6.07) is 4.97. The largest absolute Gasteiger partial charge is 0.358 e. The van der Waals surface area contributed by atoms with E-state index in [-0.39, 0.29) is 17.9 Å². The molecule has 0 atom stereocenters. The van der Waals surface area contributed by atoms with Crippen LogP contribution in [-0.4, -0.2) is 24.8 Å². The van der Waals surface area contributed by atoms with Crippen LogP contribution in [0.25, 0.3) is 5.65 Å². The highest BCUT2D eigenvalue weighted by molar-refractivity contribution is 5.49. The molecule has 0 unspecified atom stereocenters. The SMILES string of the molecule is CC(C)(Cc1nc2ccccn2c1[N+](=O)[O-])[N+](=O)[O-]. The van der Waals surface area contributed by atoms with Gasteiger partial charge in [-0.25, -0.2) is 4.98 Å². The lowest BCUT2D eigenvalue weighted by molar-refractivity contribution is -0.560. The van der Waals surface area contributed by atoms with Crippen molar-refractivity contribution in [1.82, 2.24) is 9.38 Å². The molecule has 0 saturated carbocycles. The molecule has 2 aromatic rings. The number of nitrogens with zero attached hydrogens (tertiary/aromatic N) is 4. The maximum absolute atomic E-state index is 11.1. The number of fused-ring (bicyclic) bond motifs is 1. The third-order valence-corrected chi connectivity index (χ3v) is 2.84. The van der Waals surface area contributed by atoms with Crippen molar-refractivity contribution in [2.24, 2.45) is 0 Å². The van der Waals surface area contributed by atoms with Gasteiger partial charge in [0.05, 0.1) is 12.6 Å². The van der Waals surface area contributed by atoms with Crippen molar-refractivity contribution < 1.29 is 9.85 Å². The highest BCUT2D eigenvalue weighted by atomic mass is 16.6. The summed E-state index contributed by atoms with van der Waals surface area (Å²) in [6.07, 6.45) is 1.42. The van der Waals surface area contributed by atoms with Crippen molar-refractivity contribution in [3.8, 4) is 0 Å². The Kier molecular flexibility index (Phi) is 2.93. The molecule has 0 spiro atoms. The fourth-order valence-electron chi connectivity index (χ4n) is 1.82. The molecule has 8 heteroatoms. The predicted octanol–water partition coefficient (Wildman–Crippen LogP) is 1.84. The maximum atomic E-state index is 11.1. The van der Waals surface area contributed by atoms with Gasteiger partial charge in [0.1, 0.15) is 5.69 Å². The van der Waals surface area contributed by atoms with Gasteiger partial charge >= 0.3 is 5.82 Å². The zero-order valence-electron chi connectivity index (χ0n) is 10.4. The predicted molar refractivity (Wildman–Crippen MR) is 66.6 cm³/mol. The average molecular weight is 264 g/mol. The van der Waals surface area contributed by atoms with Crippen LogP contribution in [0, 0.1) is 20.2 Å². The van der Waals surface area contributed by atoms with Crippen LogP contribution in [0.1, 0.15) is 19.5 Å². The van der Waals surface area contributed by atoms with E-state index in [2.05, 4.69) is 4.98 Å². The van der Waals surface area contributed by atoms with Gasteiger partial charge in [0.15, 0.2) is 0 Å². The van der Waals surface area contributed by atoms with Gasteiger partial charge in [-0.3, -0.25) is 10.1 Å². The zero-order chi connectivity index (χ0) is 14.2. The average Bonchev–Trinajstić information content (AvgIpc) is 2.65. The maximum Gasteiger partial charge on any atom is 0.351 e. The molecule has 0 aliphatic rings. The Morgan fingerprint density at radius 3 is 2.58 bits per heavy atom. The highest BCUT2D eigenvalue weighted by Gasteiger charge is 2.36. The number of aromatic nitrogens is 2. The number of rotatable bonds is 4. The summed E-state index contributed by atoms with van der Waals surface area (Å²) in [6.45, 7) is 2.83. The van der Waals surface area contributed by atoms with Crippen molar-refractivity contribution >= 4 is 11.5 Å². The van der Waals surface area contributed by atoms with E-state index in [1.165, 1.54) is 24.4 Å². The summed E-state index contributed by atoms with van der Waals surface area (Å²) < 4.78 is 1.32. The van der Waals surface area contributed by atoms with Crippen LogP contribution < -0.4 is 0 Å². The first-order valence-corrected chi connectivity index (χ1v) is 5.58. The van der Waals surface area contributed by atoms with E-state index in [0.717, 1.165) is 0 Å². The molecule has 19 heavy (non-hydrogen) atoms. The van der Waals surface area contributed by atoms with E-state index in [9.17, 15) is 20.2 Å². The first-order valence-electron chi connectivity index (χ1n) is 5.58. The lowest BCUT2D eigenvalue weighted by Gasteiger charge is -2.13. The van der Waals surface area contributed by atoms with E-state index in [0.29, 0.717) is 5.65 Å². The molecule has 0 bridgehead atoms. The van der Waals surface area contributed by atoms with Crippen LogP contribution in [0.2, 0.25) is 0 Å². The van der Waals surface area contributed by atoms with Gasteiger partial charge in [-0.2, -0.15) is 4.40 Å². The van der Waals surface area contributed by atoms with Crippen LogP contribution in [0.5, 0.6) is 0 Å². The molecule has 0 saturated heterocycles. The summed E-state index contributed by atoms with van der Waals surface area (Å²) in [7, 11) is 0. The van der Waals surface area contributed by atoms with Crippen LogP contribution in [0.4, 0.5) is 5.82 Å². The summed E-state index contributed by atoms with van der Waals surface area (Å²) in [5, 5.41) is 22.1. The van der Waals surface area contributed by atoms with Gasteiger partial charge in [0.2, 0.25) is 11.2 Å². The first kappa shape index (κ1) is 12.9. The number of hydrogen-bond donors (Lipinski definition) is 0. The number of pyridine rings is 1. The molecule has 2 rings (SSSR count). The van der Waals surface area contributed by atoms with Crippen molar-refractivity contribution in [3.63, 3.8) is 0 Å². The molecular weight excluding hydrogens is 252 g/mol. The molecule has 0 radical (unpaired) electrons. The zero-order valence-corrected chi connectivity index (χ0v) is 10.4. The Bertz CT molecular complexity index is 662. The molecule has 2 heterocycles. The minimum absolute atomic E-state index is 0.0992. The monoisotopic (exact) mass is 264 g/mol. The van der Waals surface area contributed by atoms with Crippen molar-refractivity contribution in [1.29, 1.82) is 0 Å². The Hall–Kier alpha value is -2.51. The summed E-state index contributed by atoms with van der Waals surface area (Å²) in [5.41, 5.74) is -0.774. The lowest BCUT2D eigenvalue weighted by Crippen LogP contribution is -2.33. The second kappa shape index (κ2) is 4.30. The second-order valence-electron chi connectivity index (χ2n) is 4.81. The second-order valence-corrected chi connectivity index (χ2v) is 4.81. The number of imidazole rings is 1. The van der Waals surface area contributed by atoms with Gasteiger partial charge in [0, 0.05) is 24.8 Å². The number of hydrogen-bond acceptors (Lipinski definition) is 5. The Labute approximate surface area is 108 Å². The van der Waals surface area contributed by atoms with E-state index in [1.54, 1.807) is 18.2 Å². The Morgan fingerprint density at radius 1 is 1.32 bits per heavy atom. The molecule has 2 aromatic heterocycles. The smallest absolute Gasteiger partial charge is 0.351 e. The van der Waals surface area contributed by atoms with Crippen molar-refractivity contribution in [3.05, 3.63) is 50.3 Å². The van der Waals surface area contributed by atoms with Gasteiger partial charge in [-0.05, 0) is 11.0 Å². The molecule has 0 aliphatic carbocycles. The van der Waals surface area contributed by atoms with Crippen LogP contribution >= 0.6 is 0 Å². The minimum atomic E-state index is -1.30. The van der Waals surface area contributed by atoms with Crippen LogP contribution in [-0.2, 0) is 6.42 Å². The van der Waals surface area contributed by atoms with Crippen LogP contribution in [0.3, 0.4) is 0 Å².